The van der Waals surface area contributed by atoms with Crippen LogP contribution in [0.2, 0.25) is 0 Å². The van der Waals surface area contributed by atoms with E-state index in [0.717, 1.165) is 5.56 Å². The highest BCUT2D eigenvalue weighted by Gasteiger charge is 2.25. The van der Waals surface area contributed by atoms with Gasteiger partial charge in [0.15, 0.2) is 0 Å². The predicted molar refractivity (Wildman–Crippen MR) is 89.3 cm³/mol. The Kier molecular flexibility index (Phi) is 9.15. The third-order valence-corrected chi connectivity index (χ3v) is 3.58. The third kappa shape index (κ3) is 7.35. The first kappa shape index (κ1) is 20.0. The van der Waals surface area contributed by atoms with E-state index in [1.807, 2.05) is 18.2 Å². The summed E-state index contributed by atoms with van der Waals surface area (Å²) >= 11 is 0. The Balaban J connectivity index is 2.78. The van der Waals surface area contributed by atoms with Gasteiger partial charge in [-0.15, -0.1) is 0 Å². The quantitative estimate of drug-likeness (QED) is 0.612. The summed E-state index contributed by atoms with van der Waals surface area (Å²) in [7, 11) is 0. The molecule has 0 aliphatic carbocycles. The SMILES string of the molecule is N#CCCOc1ccc(CC(C(=O)O)N(CCC#N)CCC#N)cc1. The Morgan fingerprint density at radius 3 is 2.08 bits per heavy atom. The van der Waals surface area contributed by atoms with Gasteiger partial charge in [-0.2, -0.15) is 15.8 Å². The van der Waals surface area contributed by atoms with E-state index in [2.05, 4.69) is 0 Å². The Hall–Kier alpha value is -3.08. The van der Waals surface area contributed by atoms with E-state index in [1.165, 1.54) is 0 Å². The molecule has 1 aromatic carbocycles. The summed E-state index contributed by atoms with van der Waals surface area (Å²) in [4.78, 5) is 13.3. The van der Waals surface area contributed by atoms with Crippen molar-refractivity contribution in [2.45, 2.75) is 31.7 Å². The molecule has 7 heteroatoms. The lowest BCUT2D eigenvalue weighted by Gasteiger charge is -2.27. The molecule has 1 N–H and O–H groups in total. The van der Waals surface area contributed by atoms with Gasteiger partial charge in [-0.1, -0.05) is 12.1 Å². The monoisotopic (exact) mass is 340 g/mol. The van der Waals surface area contributed by atoms with E-state index < -0.39 is 12.0 Å². The Bertz CT molecular complexity index is 650. The maximum Gasteiger partial charge on any atom is 0.321 e. The van der Waals surface area contributed by atoms with E-state index in [4.69, 9.17) is 20.5 Å². The zero-order valence-electron chi connectivity index (χ0n) is 13.9. The van der Waals surface area contributed by atoms with Crippen molar-refractivity contribution < 1.29 is 14.6 Å². The van der Waals surface area contributed by atoms with E-state index >= 15 is 0 Å². The number of ether oxygens (including phenoxy) is 1. The van der Waals surface area contributed by atoms with Crippen molar-refractivity contribution in [1.82, 2.24) is 4.90 Å². The second-order valence-electron chi connectivity index (χ2n) is 5.31. The van der Waals surface area contributed by atoms with Gasteiger partial charge in [-0.3, -0.25) is 9.69 Å². The van der Waals surface area contributed by atoms with Crippen LogP contribution in [0.3, 0.4) is 0 Å². The molecule has 0 spiro atoms. The smallest absolute Gasteiger partial charge is 0.321 e. The van der Waals surface area contributed by atoms with E-state index in [9.17, 15) is 9.90 Å². The highest BCUT2D eigenvalue weighted by molar-refractivity contribution is 5.74. The molecule has 1 unspecified atom stereocenters. The standard InChI is InChI=1S/C18H20N4O3/c19-8-1-11-22(12-2-9-20)17(18(23)24)14-15-4-6-16(7-5-15)25-13-3-10-21/h4-7,17H,1-3,11-14H2,(H,23,24). The molecule has 0 heterocycles. The molecule has 1 aromatic rings. The minimum absolute atomic E-state index is 0.209. The number of nitrogens with zero attached hydrogens (tertiary/aromatic N) is 4. The molecule has 0 amide bonds. The van der Waals surface area contributed by atoms with Crippen LogP contribution in [0.5, 0.6) is 5.75 Å². The molecule has 1 atom stereocenters. The maximum atomic E-state index is 11.7. The minimum Gasteiger partial charge on any atom is -0.493 e. The fourth-order valence-electron chi connectivity index (χ4n) is 2.34. The van der Waals surface area contributed by atoms with Crippen LogP contribution in [0.4, 0.5) is 0 Å². The summed E-state index contributed by atoms with van der Waals surface area (Å²) in [5.41, 5.74) is 0.818. The number of carboxylic acids is 1. The van der Waals surface area contributed by atoms with Crippen LogP contribution in [0.15, 0.2) is 24.3 Å². The van der Waals surface area contributed by atoms with Crippen LogP contribution in [0, 0.1) is 34.0 Å². The normalized spacial score (nSPS) is 11.1. The minimum atomic E-state index is -0.981. The number of carbonyl (C=O) groups is 1. The van der Waals surface area contributed by atoms with Gasteiger partial charge in [0.25, 0.3) is 0 Å². The second kappa shape index (κ2) is 11.5. The zero-order valence-corrected chi connectivity index (χ0v) is 13.9. The van der Waals surface area contributed by atoms with Crippen molar-refractivity contribution in [3.8, 4) is 24.0 Å². The highest BCUT2D eigenvalue weighted by atomic mass is 16.5. The van der Waals surface area contributed by atoms with E-state index in [1.54, 1.807) is 29.2 Å². The van der Waals surface area contributed by atoms with Crippen LogP contribution in [-0.4, -0.2) is 41.7 Å². The average Bonchev–Trinajstić information content (AvgIpc) is 2.61. The van der Waals surface area contributed by atoms with Crippen molar-refractivity contribution in [2.75, 3.05) is 19.7 Å². The Labute approximate surface area is 147 Å². The number of nitriles is 3. The molecule has 0 aliphatic heterocycles. The number of benzene rings is 1. The van der Waals surface area contributed by atoms with Crippen molar-refractivity contribution in [1.29, 1.82) is 15.8 Å². The van der Waals surface area contributed by atoms with E-state index in [-0.39, 0.29) is 19.3 Å². The van der Waals surface area contributed by atoms with Crippen LogP contribution in [0.1, 0.15) is 24.8 Å². The summed E-state index contributed by atoms with van der Waals surface area (Å²) in [5, 5.41) is 35.5. The number of hydrogen-bond acceptors (Lipinski definition) is 6. The molecule has 130 valence electrons. The molecule has 25 heavy (non-hydrogen) atoms. The number of rotatable bonds is 11. The van der Waals surface area contributed by atoms with Gasteiger partial charge in [-0.25, -0.2) is 0 Å². The summed E-state index contributed by atoms with van der Waals surface area (Å²) in [6, 6.07) is 12.2. The lowest BCUT2D eigenvalue weighted by atomic mass is 10.0. The highest BCUT2D eigenvalue weighted by Crippen LogP contribution is 2.16. The fraction of sp³-hybridized carbons (Fsp3) is 0.444. The average molecular weight is 340 g/mol. The van der Waals surface area contributed by atoms with Crippen molar-refractivity contribution in [3.63, 3.8) is 0 Å². The first-order chi connectivity index (χ1) is 12.1. The first-order valence-electron chi connectivity index (χ1n) is 7.91. The second-order valence-corrected chi connectivity index (χ2v) is 5.31. The molecular formula is C18H20N4O3. The third-order valence-electron chi connectivity index (χ3n) is 3.58. The molecule has 0 radical (unpaired) electrons. The van der Waals surface area contributed by atoms with Gasteiger partial charge in [0.2, 0.25) is 0 Å². The van der Waals surface area contributed by atoms with Crippen LogP contribution in [-0.2, 0) is 11.2 Å². The van der Waals surface area contributed by atoms with Crippen molar-refractivity contribution in [2.24, 2.45) is 0 Å². The predicted octanol–water partition coefficient (Wildman–Crippen LogP) is 2.10. The molecule has 7 nitrogen and oxygen atoms in total. The molecular weight excluding hydrogens is 320 g/mol. The van der Waals surface area contributed by atoms with Crippen LogP contribution >= 0.6 is 0 Å². The van der Waals surface area contributed by atoms with Gasteiger partial charge >= 0.3 is 5.97 Å². The molecule has 0 aliphatic rings. The lowest BCUT2D eigenvalue weighted by Crippen LogP contribution is -2.43. The van der Waals surface area contributed by atoms with Crippen molar-refractivity contribution >= 4 is 5.97 Å². The van der Waals surface area contributed by atoms with Gasteiger partial charge in [0.1, 0.15) is 18.4 Å². The van der Waals surface area contributed by atoms with Crippen molar-refractivity contribution in [3.05, 3.63) is 29.8 Å². The summed E-state index contributed by atoms with van der Waals surface area (Å²) < 4.78 is 5.39. The van der Waals surface area contributed by atoms with Crippen LogP contribution < -0.4 is 4.74 Å². The largest absolute Gasteiger partial charge is 0.493 e. The molecule has 0 saturated heterocycles. The summed E-state index contributed by atoms with van der Waals surface area (Å²) in [6.07, 6.45) is 0.988. The molecule has 0 bridgehead atoms. The van der Waals surface area contributed by atoms with Crippen LogP contribution in [0.25, 0.3) is 0 Å². The Morgan fingerprint density at radius 1 is 1.04 bits per heavy atom. The van der Waals surface area contributed by atoms with Gasteiger partial charge < -0.3 is 9.84 Å². The fourth-order valence-corrected chi connectivity index (χ4v) is 2.34. The Morgan fingerprint density at radius 2 is 1.60 bits per heavy atom. The number of carboxylic acid groups (broad SMARTS) is 1. The number of hydrogen-bond donors (Lipinski definition) is 1. The van der Waals surface area contributed by atoms with E-state index in [0.29, 0.717) is 31.9 Å². The van der Waals surface area contributed by atoms with Gasteiger partial charge in [0, 0.05) is 25.9 Å². The first-order valence-corrected chi connectivity index (χ1v) is 7.91. The molecule has 1 rings (SSSR count). The summed E-state index contributed by atoms with van der Waals surface area (Å²) in [5.74, 6) is -0.359. The van der Waals surface area contributed by atoms with Gasteiger partial charge in [0.05, 0.1) is 24.6 Å². The summed E-state index contributed by atoms with van der Waals surface area (Å²) in [6.45, 7) is 0.929. The van der Waals surface area contributed by atoms with Gasteiger partial charge in [-0.05, 0) is 24.1 Å². The zero-order chi connectivity index (χ0) is 18.5. The molecule has 0 aromatic heterocycles. The number of aliphatic carboxylic acids is 1. The topological polar surface area (TPSA) is 121 Å². The molecule has 0 fully saturated rings. The lowest BCUT2D eigenvalue weighted by molar-refractivity contribution is -0.143. The molecule has 0 saturated carbocycles. The maximum absolute atomic E-state index is 11.7.